The van der Waals surface area contributed by atoms with Crippen molar-refractivity contribution in [2.24, 2.45) is 0 Å². The third kappa shape index (κ3) is 1.98. The summed E-state index contributed by atoms with van der Waals surface area (Å²) in [5, 5.41) is 0. The predicted molar refractivity (Wildman–Crippen MR) is 73.1 cm³/mol. The predicted octanol–water partition coefficient (Wildman–Crippen LogP) is 4.07. The zero-order valence-corrected chi connectivity index (χ0v) is 11.0. The molecule has 0 bridgehead atoms. The molecule has 2 nitrogen and oxygen atoms in total. The first kappa shape index (κ1) is 10.5. The highest BCUT2D eigenvalue weighted by molar-refractivity contribution is 9.10. The van der Waals surface area contributed by atoms with Crippen LogP contribution in [0.15, 0.2) is 53.3 Å². The van der Waals surface area contributed by atoms with E-state index in [9.17, 15) is 0 Å². The molecule has 84 valence electrons. The molecule has 2 aromatic heterocycles. The molecule has 0 aliphatic carbocycles. The molecule has 17 heavy (non-hydrogen) atoms. The molecule has 0 saturated heterocycles. The molecule has 0 fully saturated rings. The van der Waals surface area contributed by atoms with Gasteiger partial charge in [0, 0.05) is 22.4 Å². The van der Waals surface area contributed by atoms with Gasteiger partial charge in [-0.05, 0) is 25.1 Å². The Hall–Kier alpha value is -1.61. The number of hydrogen-bond donors (Lipinski definition) is 0. The minimum Gasteiger partial charge on any atom is -0.306 e. The molecule has 0 aliphatic rings. The first-order valence-corrected chi connectivity index (χ1v) is 6.23. The van der Waals surface area contributed by atoms with E-state index in [1.165, 1.54) is 5.56 Å². The van der Waals surface area contributed by atoms with Gasteiger partial charge in [0.15, 0.2) is 0 Å². The fourth-order valence-electron chi connectivity index (χ4n) is 1.90. The standard InChI is InChI=1S/C14H11BrN2/c1-10-3-2-4-11(7-10)13-9-17-6-5-12(15)8-14(17)16-13/h2-9H,1H3. The highest BCUT2D eigenvalue weighted by atomic mass is 79.9. The first-order valence-electron chi connectivity index (χ1n) is 5.44. The van der Waals surface area contributed by atoms with Crippen LogP contribution in [0.5, 0.6) is 0 Å². The van der Waals surface area contributed by atoms with Crippen molar-refractivity contribution in [2.75, 3.05) is 0 Å². The van der Waals surface area contributed by atoms with Crippen molar-refractivity contribution < 1.29 is 0 Å². The third-order valence-electron chi connectivity index (χ3n) is 2.74. The van der Waals surface area contributed by atoms with Crippen LogP contribution in [0, 0.1) is 6.92 Å². The number of rotatable bonds is 1. The number of nitrogens with zero attached hydrogens (tertiary/aromatic N) is 2. The van der Waals surface area contributed by atoms with Crippen molar-refractivity contribution in [3.05, 3.63) is 58.8 Å². The number of fused-ring (bicyclic) bond motifs is 1. The number of hydrogen-bond acceptors (Lipinski definition) is 1. The molecule has 3 heteroatoms. The summed E-state index contributed by atoms with van der Waals surface area (Å²) < 4.78 is 3.08. The van der Waals surface area contributed by atoms with Gasteiger partial charge < -0.3 is 4.40 Å². The topological polar surface area (TPSA) is 17.3 Å². The van der Waals surface area contributed by atoms with E-state index in [-0.39, 0.29) is 0 Å². The Bertz CT molecular complexity index is 686. The van der Waals surface area contributed by atoms with E-state index in [4.69, 9.17) is 0 Å². The van der Waals surface area contributed by atoms with E-state index in [2.05, 4.69) is 58.3 Å². The molecular formula is C14H11BrN2. The zero-order valence-electron chi connectivity index (χ0n) is 9.39. The normalized spacial score (nSPS) is 10.9. The van der Waals surface area contributed by atoms with Crippen molar-refractivity contribution in [1.29, 1.82) is 0 Å². The van der Waals surface area contributed by atoms with Gasteiger partial charge in [-0.15, -0.1) is 0 Å². The second-order valence-corrected chi connectivity index (χ2v) is 5.02. The van der Waals surface area contributed by atoms with Crippen molar-refractivity contribution in [3.8, 4) is 11.3 Å². The Morgan fingerprint density at radius 2 is 2.06 bits per heavy atom. The van der Waals surface area contributed by atoms with Gasteiger partial charge in [-0.25, -0.2) is 4.98 Å². The maximum atomic E-state index is 4.62. The molecule has 0 spiro atoms. The summed E-state index contributed by atoms with van der Waals surface area (Å²) in [4.78, 5) is 4.62. The van der Waals surface area contributed by atoms with Gasteiger partial charge in [-0.3, -0.25) is 0 Å². The molecule has 0 saturated carbocycles. The molecular weight excluding hydrogens is 276 g/mol. The van der Waals surface area contributed by atoms with Crippen LogP contribution < -0.4 is 0 Å². The summed E-state index contributed by atoms with van der Waals surface area (Å²) in [6.45, 7) is 2.09. The van der Waals surface area contributed by atoms with Gasteiger partial charge >= 0.3 is 0 Å². The zero-order chi connectivity index (χ0) is 11.8. The van der Waals surface area contributed by atoms with Crippen LogP contribution in [0.2, 0.25) is 0 Å². The third-order valence-corrected chi connectivity index (χ3v) is 3.23. The fraction of sp³-hybridized carbons (Fsp3) is 0.0714. The van der Waals surface area contributed by atoms with Crippen LogP contribution in [0.4, 0.5) is 0 Å². The Balaban J connectivity index is 2.18. The van der Waals surface area contributed by atoms with E-state index in [1.54, 1.807) is 0 Å². The fourth-order valence-corrected chi connectivity index (χ4v) is 2.22. The Morgan fingerprint density at radius 3 is 2.88 bits per heavy atom. The molecule has 0 aliphatic heterocycles. The van der Waals surface area contributed by atoms with Crippen LogP contribution in [0.3, 0.4) is 0 Å². The Labute approximate surface area is 108 Å². The van der Waals surface area contributed by atoms with Gasteiger partial charge in [-0.2, -0.15) is 0 Å². The lowest BCUT2D eigenvalue weighted by Crippen LogP contribution is -1.79. The highest BCUT2D eigenvalue weighted by Crippen LogP contribution is 2.21. The van der Waals surface area contributed by atoms with Gasteiger partial charge in [0.1, 0.15) is 5.65 Å². The van der Waals surface area contributed by atoms with Crippen molar-refractivity contribution in [3.63, 3.8) is 0 Å². The smallest absolute Gasteiger partial charge is 0.138 e. The summed E-state index contributed by atoms with van der Waals surface area (Å²) in [5.74, 6) is 0. The number of halogens is 1. The quantitative estimate of drug-likeness (QED) is 0.659. The number of pyridine rings is 1. The molecule has 3 aromatic rings. The molecule has 0 N–H and O–H groups in total. The molecule has 0 unspecified atom stereocenters. The average Bonchev–Trinajstić information content (AvgIpc) is 2.72. The van der Waals surface area contributed by atoms with E-state index in [0.29, 0.717) is 0 Å². The minimum atomic E-state index is 0.955. The van der Waals surface area contributed by atoms with E-state index >= 15 is 0 Å². The van der Waals surface area contributed by atoms with E-state index < -0.39 is 0 Å². The minimum absolute atomic E-state index is 0.955. The second kappa shape index (κ2) is 4.00. The van der Waals surface area contributed by atoms with Gasteiger partial charge in [0.25, 0.3) is 0 Å². The Morgan fingerprint density at radius 1 is 1.18 bits per heavy atom. The summed E-state index contributed by atoms with van der Waals surface area (Å²) in [5.41, 5.74) is 4.37. The number of aromatic nitrogens is 2. The average molecular weight is 287 g/mol. The maximum Gasteiger partial charge on any atom is 0.138 e. The van der Waals surface area contributed by atoms with Gasteiger partial charge in [-0.1, -0.05) is 39.7 Å². The summed E-state index contributed by atoms with van der Waals surface area (Å²) in [6.07, 6.45) is 4.06. The second-order valence-electron chi connectivity index (χ2n) is 4.11. The molecule has 0 amide bonds. The number of imidazole rings is 1. The summed E-state index contributed by atoms with van der Waals surface area (Å²) in [6, 6.07) is 12.4. The van der Waals surface area contributed by atoms with Crippen LogP contribution in [-0.4, -0.2) is 9.38 Å². The largest absolute Gasteiger partial charge is 0.306 e. The van der Waals surface area contributed by atoms with Crippen LogP contribution in [0.1, 0.15) is 5.56 Å². The lowest BCUT2D eigenvalue weighted by Gasteiger charge is -1.96. The van der Waals surface area contributed by atoms with Crippen LogP contribution in [-0.2, 0) is 0 Å². The van der Waals surface area contributed by atoms with Crippen molar-refractivity contribution >= 4 is 21.6 Å². The SMILES string of the molecule is Cc1cccc(-c2cn3ccc(Br)cc3n2)c1. The van der Waals surface area contributed by atoms with E-state index in [1.807, 2.05) is 22.7 Å². The molecule has 3 rings (SSSR count). The van der Waals surface area contributed by atoms with Crippen LogP contribution >= 0.6 is 15.9 Å². The maximum absolute atomic E-state index is 4.62. The monoisotopic (exact) mass is 286 g/mol. The van der Waals surface area contributed by atoms with Crippen molar-refractivity contribution in [1.82, 2.24) is 9.38 Å². The number of benzene rings is 1. The Kier molecular flexibility index (Phi) is 2.48. The molecule has 0 radical (unpaired) electrons. The highest BCUT2D eigenvalue weighted by Gasteiger charge is 2.04. The molecule has 1 aromatic carbocycles. The first-order chi connectivity index (χ1) is 8.22. The lowest BCUT2D eigenvalue weighted by molar-refractivity contribution is 1.18. The van der Waals surface area contributed by atoms with Crippen molar-refractivity contribution in [2.45, 2.75) is 6.92 Å². The summed E-state index contributed by atoms with van der Waals surface area (Å²) >= 11 is 3.46. The molecule has 2 heterocycles. The lowest BCUT2D eigenvalue weighted by atomic mass is 10.1. The van der Waals surface area contributed by atoms with Gasteiger partial charge in [0.05, 0.1) is 5.69 Å². The van der Waals surface area contributed by atoms with Gasteiger partial charge in [0.2, 0.25) is 0 Å². The summed E-state index contributed by atoms with van der Waals surface area (Å²) in [7, 11) is 0. The molecule has 0 atom stereocenters. The number of aryl methyl sites for hydroxylation is 1. The van der Waals surface area contributed by atoms with Crippen LogP contribution in [0.25, 0.3) is 16.9 Å². The van der Waals surface area contributed by atoms with E-state index in [0.717, 1.165) is 21.4 Å².